The minimum absolute atomic E-state index is 0.338. The average Bonchev–Trinajstić information content (AvgIpc) is 3.16. The summed E-state index contributed by atoms with van der Waals surface area (Å²) in [5, 5.41) is 3.83. The molecule has 6 aromatic rings. The van der Waals surface area contributed by atoms with Crippen molar-refractivity contribution in [3.05, 3.63) is 121 Å². The third-order valence-electron chi connectivity index (χ3n) is 6.84. The van der Waals surface area contributed by atoms with Gasteiger partial charge in [-0.1, -0.05) is 137 Å². The van der Waals surface area contributed by atoms with Crippen LogP contribution in [0.2, 0.25) is 0 Å². The van der Waals surface area contributed by atoms with Crippen molar-refractivity contribution in [3.63, 3.8) is 0 Å². The Labute approximate surface area is 241 Å². The van der Waals surface area contributed by atoms with Crippen LogP contribution in [0, 0.1) is 0 Å². The Morgan fingerprint density at radius 1 is 0.512 bits per heavy atom. The highest BCUT2D eigenvalue weighted by atomic mass is 31.2. The topological polar surface area (TPSA) is 55.8 Å². The second kappa shape index (κ2) is 12.0. The molecule has 7 rings (SSSR count). The molecular weight excluding hydrogens is 527 g/mol. The van der Waals surface area contributed by atoms with Crippen LogP contribution >= 0.6 is 7.82 Å². The van der Waals surface area contributed by atoms with E-state index in [-0.39, 0.29) is 0 Å². The van der Waals surface area contributed by atoms with Crippen LogP contribution in [0.5, 0.6) is 11.5 Å². The summed E-state index contributed by atoms with van der Waals surface area (Å²) < 4.78 is 25.4. The highest BCUT2D eigenvalue weighted by Crippen LogP contribution is 2.61. The van der Waals surface area contributed by atoms with Crippen molar-refractivity contribution < 1.29 is 18.5 Å². The Balaban J connectivity index is 0.000000810. The third kappa shape index (κ3) is 5.25. The van der Waals surface area contributed by atoms with Crippen LogP contribution in [0.25, 0.3) is 54.9 Å². The smallest absolute Gasteiger partial charge is 0.394 e. The van der Waals surface area contributed by atoms with Crippen molar-refractivity contribution in [3.8, 4) is 44.9 Å². The minimum Gasteiger partial charge on any atom is -0.394 e. The predicted octanol–water partition coefficient (Wildman–Crippen LogP) is 10.9. The maximum atomic E-state index is 13.5. The number of benzene rings is 6. The SMILES string of the molecule is CC.CC.O=P1(O)Oc2c(-c3ccccc3)cc3ccccc3c2-c2c(c(-c3ccccc3)cc3ccccc23)O1. The van der Waals surface area contributed by atoms with Crippen LogP contribution in [0.15, 0.2) is 121 Å². The molecule has 1 heterocycles. The van der Waals surface area contributed by atoms with Gasteiger partial charge in [0.15, 0.2) is 0 Å². The van der Waals surface area contributed by atoms with Crippen LogP contribution in [-0.2, 0) is 4.57 Å². The van der Waals surface area contributed by atoms with Crippen LogP contribution < -0.4 is 9.05 Å². The van der Waals surface area contributed by atoms with Gasteiger partial charge in [-0.2, -0.15) is 0 Å². The summed E-state index contributed by atoms with van der Waals surface area (Å²) in [5.74, 6) is 0.676. The van der Waals surface area contributed by atoms with Crippen molar-refractivity contribution in [1.82, 2.24) is 0 Å². The van der Waals surface area contributed by atoms with Crippen molar-refractivity contribution in [2.75, 3.05) is 0 Å². The van der Waals surface area contributed by atoms with E-state index in [0.717, 1.165) is 54.9 Å². The first-order valence-electron chi connectivity index (χ1n) is 14.0. The summed E-state index contributed by atoms with van der Waals surface area (Å²) in [6, 6.07) is 39.7. The maximum Gasteiger partial charge on any atom is 0.584 e. The molecule has 4 nitrogen and oxygen atoms in total. The molecule has 0 unspecified atom stereocenters. The van der Waals surface area contributed by atoms with E-state index in [4.69, 9.17) is 9.05 Å². The number of phosphoric acid groups is 1. The van der Waals surface area contributed by atoms with Gasteiger partial charge in [0.2, 0.25) is 0 Å². The van der Waals surface area contributed by atoms with E-state index in [1.165, 1.54) is 0 Å². The molecule has 0 aliphatic carbocycles. The Kier molecular flexibility index (Phi) is 8.26. The van der Waals surface area contributed by atoms with Gasteiger partial charge >= 0.3 is 7.82 Å². The molecule has 0 fully saturated rings. The normalized spacial score (nSPS) is 12.7. The fraction of sp³-hybridized carbons (Fsp3) is 0.111. The number of rotatable bonds is 2. The lowest BCUT2D eigenvalue weighted by molar-refractivity contribution is 0.295. The highest BCUT2D eigenvalue weighted by Gasteiger charge is 2.37. The summed E-state index contributed by atoms with van der Waals surface area (Å²) in [4.78, 5) is 11.0. The monoisotopic (exact) mass is 560 g/mol. The molecule has 1 N–H and O–H groups in total. The van der Waals surface area contributed by atoms with Gasteiger partial charge in [-0.15, -0.1) is 0 Å². The van der Waals surface area contributed by atoms with E-state index < -0.39 is 7.82 Å². The van der Waals surface area contributed by atoms with Crippen LogP contribution in [0.3, 0.4) is 0 Å². The zero-order chi connectivity index (χ0) is 29.0. The van der Waals surface area contributed by atoms with E-state index in [1.54, 1.807) is 0 Å². The lowest BCUT2D eigenvalue weighted by atomic mass is 9.86. The molecule has 0 radical (unpaired) electrons. The second-order valence-electron chi connectivity index (χ2n) is 9.08. The molecule has 0 saturated carbocycles. The quantitative estimate of drug-likeness (QED) is 0.214. The van der Waals surface area contributed by atoms with Crippen LogP contribution in [-0.4, -0.2) is 4.89 Å². The van der Waals surface area contributed by atoms with Crippen molar-refractivity contribution in [1.29, 1.82) is 0 Å². The van der Waals surface area contributed by atoms with Crippen LogP contribution in [0.4, 0.5) is 0 Å². The van der Waals surface area contributed by atoms with Gasteiger partial charge in [0.05, 0.1) is 0 Å². The maximum absolute atomic E-state index is 13.5. The molecule has 0 bridgehead atoms. The van der Waals surface area contributed by atoms with Gasteiger partial charge < -0.3 is 9.05 Å². The van der Waals surface area contributed by atoms with E-state index in [9.17, 15) is 9.46 Å². The molecule has 6 aromatic carbocycles. The lowest BCUT2D eigenvalue weighted by Gasteiger charge is -2.18. The van der Waals surface area contributed by atoms with Crippen molar-refractivity contribution in [2.45, 2.75) is 27.7 Å². The Bertz CT molecular complexity index is 1730. The summed E-state index contributed by atoms with van der Waals surface area (Å²) >= 11 is 0. The summed E-state index contributed by atoms with van der Waals surface area (Å²) in [7, 11) is -4.55. The molecule has 1 aliphatic rings. The first-order chi connectivity index (χ1) is 20.1. The predicted molar refractivity (Wildman–Crippen MR) is 172 cm³/mol. The molecular formula is C36H33O4P. The first-order valence-corrected chi connectivity index (χ1v) is 15.5. The summed E-state index contributed by atoms with van der Waals surface area (Å²) in [6.45, 7) is 8.00. The minimum atomic E-state index is -4.55. The molecule has 5 heteroatoms. The van der Waals surface area contributed by atoms with Crippen molar-refractivity contribution >= 4 is 29.4 Å². The fourth-order valence-electron chi connectivity index (χ4n) is 5.26. The average molecular weight is 561 g/mol. The third-order valence-corrected chi connectivity index (χ3v) is 7.66. The Morgan fingerprint density at radius 2 is 0.854 bits per heavy atom. The van der Waals surface area contributed by atoms with Crippen LogP contribution in [0.1, 0.15) is 27.7 Å². The fourth-order valence-corrected chi connectivity index (χ4v) is 6.13. The van der Waals surface area contributed by atoms with Gasteiger partial charge in [-0.05, 0) is 44.8 Å². The van der Waals surface area contributed by atoms with Gasteiger partial charge in [0.1, 0.15) is 11.5 Å². The molecule has 1 aliphatic heterocycles. The Morgan fingerprint density at radius 3 is 1.24 bits per heavy atom. The molecule has 41 heavy (non-hydrogen) atoms. The standard InChI is InChI=1S/C32H21O4P.2C2H6/c33-37(34)35-31-27(21-11-3-1-4-12-21)19-23-15-7-9-17-25(23)29(31)30-26-18-10-8-16-24(26)20-28(32(30)36-37)22-13-5-2-6-14-22;2*1-2/h1-20H,(H,33,34);2*1-2H3. The molecule has 0 spiro atoms. The number of hydrogen-bond donors (Lipinski definition) is 1. The molecule has 0 saturated heterocycles. The summed E-state index contributed by atoms with van der Waals surface area (Å²) in [5.41, 5.74) is 4.72. The molecule has 0 atom stereocenters. The van der Waals surface area contributed by atoms with E-state index in [0.29, 0.717) is 11.5 Å². The summed E-state index contributed by atoms with van der Waals surface area (Å²) in [6.07, 6.45) is 0. The Hall–Kier alpha value is -4.37. The van der Waals surface area contributed by atoms with Gasteiger partial charge in [-0.3, -0.25) is 4.89 Å². The zero-order valence-electron chi connectivity index (χ0n) is 23.7. The van der Waals surface area contributed by atoms with Gasteiger partial charge in [-0.25, -0.2) is 4.57 Å². The van der Waals surface area contributed by atoms with Gasteiger partial charge in [0.25, 0.3) is 0 Å². The number of phosphoric ester groups is 1. The molecule has 0 amide bonds. The molecule has 0 aromatic heterocycles. The van der Waals surface area contributed by atoms with E-state index >= 15 is 0 Å². The second-order valence-corrected chi connectivity index (χ2v) is 10.4. The van der Waals surface area contributed by atoms with E-state index in [2.05, 4.69) is 12.1 Å². The van der Waals surface area contributed by atoms with Crippen molar-refractivity contribution in [2.24, 2.45) is 0 Å². The van der Waals surface area contributed by atoms with Gasteiger partial charge in [0, 0.05) is 22.3 Å². The number of hydrogen-bond acceptors (Lipinski definition) is 3. The highest BCUT2D eigenvalue weighted by molar-refractivity contribution is 7.48. The van der Waals surface area contributed by atoms with E-state index in [1.807, 2.05) is 137 Å². The largest absolute Gasteiger partial charge is 0.584 e. The zero-order valence-corrected chi connectivity index (χ0v) is 24.6. The number of fused-ring (bicyclic) bond motifs is 7. The molecule has 206 valence electrons. The first kappa shape index (κ1) is 28.2. The lowest BCUT2D eigenvalue weighted by Crippen LogP contribution is -2.00.